The van der Waals surface area contributed by atoms with Crippen LogP contribution in [0.15, 0.2) is 22.7 Å². The average molecular weight is 417 g/mol. The Morgan fingerprint density at radius 1 is 1.23 bits per heavy atom. The third-order valence-electron chi connectivity index (χ3n) is 5.79. The number of piperidine rings is 1. The number of methoxy groups -OCH3 is 1. The van der Waals surface area contributed by atoms with E-state index in [2.05, 4.69) is 5.16 Å². The van der Waals surface area contributed by atoms with Crippen molar-refractivity contribution in [3.8, 4) is 17.1 Å². The molecule has 160 valence electrons. The lowest BCUT2D eigenvalue weighted by Crippen LogP contribution is -2.44. The highest BCUT2D eigenvalue weighted by Crippen LogP contribution is 2.35. The molecule has 9 heteroatoms. The molecule has 1 N–H and O–H groups in total. The van der Waals surface area contributed by atoms with Gasteiger partial charge in [-0.3, -0.25) is 4.79 Å². The molecule has 0 radical (unpaired) electrons. The van der Waals surface area contributed by atoms with E-state index in [0.29, 0.717) is 18.7 Å². The van der Waals surface area contributed by atoms with Gasteiger partial charge in [0, 0.05) is 31.7 Å². The highest BCUT2D eigenvalue weighted by atomic mass is 19.1. The van der Waals surface area contributed by atoms with Crippen LogP contribution in [-0.4, -0.2) is 60.3 Å². The minimum atomic E-state index is -1.20. The number of carboxylic acid groups (broad SMARTS) is 1. The standard InChI is InChI=1S/C21H24FN3O5/c1-29-16-11-13(6-7-15(16)22)18-17(21(27)28)19(23-30-18)25-10-4-5-14(12-25)20(26)24-8-2-3-9-24/h6-7,11,14H,2-5,8-10,12H2,1H3,(H,27,28). The summed E-state index contributed by atoms with van der Waals surface area (Å²) in [7, 11) is 1.33. The van der Waals surface area contributed by atoms with Crippen molar-refractivity contribution in [1.29, 1.82) is 0 Å². The molecule has 2 fully saturated rings. The van der Waals surface area contributed by atoms with E-state index in [9.17, 15) is 19.1 Å². The first-order valence-corrected chi connectivity index (χ1v) is 10.1. The fraction of sp³-hybridized carbons (Fsp3) is 0.476. The maximum Gasteiger partial charge on any atom is 0.343 e. The van der Waals surface area contributed by atoms with E-state index < -0.39 is 11.8 Å². The normalized spacial score (nSPS) is 19.2. The van der Waals surface area contributed by atoms with E-state index >= 15 is 0 Å². The van der Waals surface area contributed by atoms with Crippen LogP contribution in [0.3, 0.4) is 0 Å². The summed E-state index contributed by atoms with van der Waals surface area (Å²) in [5, 5.41) is 13.9. The van der Waals surface area contributed by atoms with Crippen LogP contribution in [0.4, 0.5) is 10.2 Å². The molecule has 4 rings (SSSR count). The summed E-state index contributed by atoms with van der Waals surface area (Å²) < 4.78 is 24.1. The topological polar surface area (TPSA) is 96.1 Å². The first kappa shape index (κ1) is 20.2. The summed E-state index contributed by atoms with van der Waals surface area (Å²) in [5.74, 6) is -1.61. The second-order valence-corrected chi connectivity index (χ2v) is 7.68. The maximum atomic E-state index is 13.8. The largest absolute Gasteiger partial charge is 0.494 e. The number of carboxylic acids is 1. The lowest BCUT2D eigenvalue weighted by molar-refractivity contribution is -0.134. The molecule has 2 aliphatic heterocycles. The van der Waals surface area contributed by atoms with E-state index in [1.54, 1.807) is 4.90 Å². The molecule has 1 aromatic carbocycles. The number of rotatable bonds is 5. The van der Waals surface area contributed by atoms with Gasteiger partial charge in [0.05, 0.1) is 13.0 Å². The zero-order valence-corrected chi connectivity index (χ0v) is 16.8. The Kier molecular flexibility index (Phi) is 5.61. The first-order valence-electron chi connectivity index (χ1n) is 10.1. The predicted octanol–water partition coefficient (Wildman–Crippen LogP) is 3.03. The van der Waals surface area contributed by atoms with Crippen LogP contribution < -0.4 is 9.64 Å². The van der Waals surface area contributed by atoms with Crippen LogP contribution in [0, 0.1) is 11.7 Å². The molecule has 1 unspecified atom stereocenters. The summed E-state index contributed by atoms with van der Waals surface area (Å²) >= 11 is 0. The molecular formula is C21H24FN3O5. The minimum absolute atomic E-state index is 0.0176. The number of aromatic nitrogens is 1. The maximum absolute atomic E-state index is 13.8. The molecule has 1 amide bonds. The van der Waals surface area contributed by atoms with Gasteiger partial charge < -0.3 is 24.2 Å². The summed E-state index contributed by atoms with van der Waals surface area (Å²) in [6.45, 7) is 2.56. The lowest BCUT2D eigenvalue weighted by atomic mass is 9.96. The van der Waals surface area contributed by atoms with Gasteiger partial charge in [-0.25, -0.2) is 9.18 Å². The van der Waals surface area contributed by atoms with Crippen LogP contribution in [0.25, 0.3) is 11.3 Å². The Bertz CT molecular complexity index is 954. The SMILES string of the molecule is COc1cc(-c2onc(N3CCCC(C(=O)N4CCCC4)C3)c2C(=O)O)ccc1F. The molecule has 0 aliphatic carbocycles. The van der Waals surface area contributed by atoms with E-state index in [1.165, 1.54) is 25.3 Å². The van der Waals surface area contributed by atoms with Crippen molar-refractivity contribution in [3.05, 3.63) is 29.6 Å². The molecule has 1 aromatic heterocycles. The third-order valence-corrected chi connectivity index (χ3v) is 5.79. The Morgan fingerprint density at radius 2 is 2.00 bits per heavy atom. The Hall–Kier alpha value is -3.10. The highest BCUT2D eigenvalue weighted by molar-refractivity contribution is 5.99. The fourth-order valence-electron chi connectivity index (χ4n) is 4.26. The van der Waals surface area contributed by atoms with Crippen LogP contribution in [-0.2, 0) is 4.79 Å². The first-order chi connectivity index (χ1) is 14.5. The monoisotopic (exact) mass is 417 g/mol. The summed E-state index contributed by atoms with van der Waals surface area (Å²) in [6.07, 6.45) is 3.59. The van der Waals surface area contributed by atoms with Gasteiger partial charge >= 0.3 is 5.97 Å². The molecule has 0 bridgehead atoms. The van der Waals surface area contributed by atoms with Crippen molar-refractivity contribution in [1.82, 2.24) is 10.1 Å². The molecule has 3 heterocycles. The van der Waals surface area contributed by atoms with E-state index in [-0.39, 0.29) is 34.7 Å². The highest BCUT2D eigenvalue weighted by Gasteiger charge is 2.34. The van der Waals surface area contributed by atoms with Gasteiger partial charge in [0.25, 0.3) is 0 Å². The van der Waals surface area contributed by atoms with Crippen molar-refractivity contribution in [2.75, 3.05) is 38.2 Å². The number of hydrogen-bond donors (Lipinski definition) is 1. The summed E-state index contributed by atoms with van der Waals surface area (Å²) in [6, 6.07) is 3.99. The molecular weight excluding hydrogens is 393 g/mol. The predicted molar refractivity (Wildman–Crippen MR) is 106 cm³/mol. The second kappa shape index (κ2) is 8.33. The Morgan fingerprint density at radius 3 is 2.70 bits per heavy atom. The molecule has 2 aromatic rings. The summed E-state index contributed by atoms with van der Waals surface area (Å²) in [4.78, 5) is 28.6. The van der Waals surface area contributed by atoms with Crippen molar-refractivity contribution < 1.29 is 28.3 Å². The minimum Gasteiger partial charge on any atom is -0.494 e. The van der Waals surface area contributed by atoms with E-state index in [1.807, 2.05) is 4.90 Å². The number of benzene rings is 1. The number of likely N-dealkylation sites (tertiary alicyclic amines) is 1. The van der Waals surface area contributed by atoms with Crippen LogP contribution in [0.1, 0.15) is 36.0 Å². The van der Waals surface area contributed by atoms with Gasteiger partial charge in [-0.2, -0.15) is 0 Å². The summed E-state index contributed by atoms with van der Waals surface area (Å²) in [5.41, 5.74) is 0.254. The fourth-order valence-corrected chi connectivity index (χ4v) is 4.26. The van der Waals surface area contributed by atoms with Crippen LogP contribution in [0.2, 0.25) is 0 Å². The van der Waals surface area contributed by atoms with Crippen molar-refractivity contribution >= 4 is 17.7 Å². The molecule has 0 saturated carbocycles. The van der Waals surface area contributed by atoms with Crippen LogP contribution in [0.5, 0.6) is 5.75 Å². The van der Waals surface area contributed by atoms with E-state index in [0.717, 1.165) is 38.8 Å². The molecule has 1 atom stereocenters. The molecule has 8 nitrogen and oxygen atoms in total. The third kappa shape index (κ3) is 3.71. The van der Waals surface area contributed by atoms with Gasteiger partial charge in [-0.05, 0) is 43.9 Å². The van der Waals surface area contributed by atoms with Crippen molar-refractivity contribution in [2.45, 2.75) is 25.7 Å². The quantitative estimate of drug-likeness (QED) is 0.799. The number of amides is 1. The smallest absolute Gasteiger partial charge is 0.343 e. The van der Waals surface area contributed by atoms with E-state index in [4.69, 9.17) is 9.26 Å². The number of halogens is 1. The lowest BCUT2D eigenvalue weighted by Gasteiger charge is -2.34. The van der Waals surface area contributed by atoms with Gasteiger partial charge in [-0.15, -0.1) is 0 Å². The Balaban J connectivity index is 1.63. The zero-order valence-electron chi connectivity index (χ0n) is 16.8. The van der Waals surface area contributed by atoms with Crippen molar-refractivity contribution in [2.24, 2.45) is 5.92 Å². The van der Waals surface area contributed by atoms with Crippen molar-refractivity contribution in [3.63, 3.8) is 0 Å². The molecule has 0 spiro atoms. The molecule has 2 aliphatic rings. The number of aromatic carboxylic acids is 1. The van der Waals surface area contributed by atoms with Gasteiger partial charge in [0.1, 0.15) is 0 Å². The number of carbonyl (C=O) groups excluding carboxylic acids is 1. The zero-order chi connectivity index (χ0) is 21.3. The second-order valence-electron chi connectivity index (χ2n) is 7.68. The Labute approximate surface area is 173 Å². The van der Waals surface area contributed by atoms with Gasteiger partial charge in [-0.1, -0.05) is 5.16 Å². The number of hydrogen-bond acceptors (Lipinski definition) is 6. The number of ether oxygens (including phenoxy) is 1. The molecule has 30 heavy (non-hydrogen) atoms. The molecule has 2 saturated heterocycles. The average Bonchev–Trinajstić information content (AvgIpc) is 3.44. The van der Waals surface area contributed by atoms with Crippen LogP contribution >= 0.6 is 0 Å². The number of nitrogens with zero attached hydrogens (tertiary/aromatic N) is 3. The number of carbonyl (C=O) groups is 2. The number of anilines is 1. The van der Waals surface area contributed by atoms with Gasteiger partial charge in [0.2, 0.25) is 5.91 Å². The van der Waals surface area contributed by atoms with Gasteiger partial charge in [0.15, 0.2) is 28.7 Å².